The van der Waals surface area contributed by atoms with Gasteiger partial charge in [-0.25, -0.2) is 4.79 Å². The molecule has 2 rings (SSSR count). The largest absolute Gasteiger partial charge is 0.492 e. The van der Waals surface area contributed by atoms with Gasteiger partial charge in [0.05, 0.1) is 11.1 Å². The Bertz CT molecular complexity index is 601. The number of azide groups is 1. The second-order valence-electron chi connectivity index (χ2n) is 4.44. The Morgan fingerprint density at radius 1 is 1.60 bits per heavy atom. The molecule has 0 radical (unpaired) electrons. The molecule has 7 heteroatoms. The molecule has 0 bridgehead atoms. The molecule has 104 valence electrons. The summed E-state index contributed by atoms with van der Waals surface area (Å²) in [5, 5.41) is 12.1. The molecule has 1 fully saturated rings. The molecule has 1 aliphatic rings. The van der Waals surface area contributed by atoms with Crippen LogP contribution in [0.15, 0.2) is 33.5 Å². The van der Waals surface area contributed by atoms with Crippen molar-refractivity contribution in [3.05, 3.63) is 44.4 Å². The van der Waals surface area contributed by atoms with Gasteiger partial charge in [-0.1, -0.05) is 17.2 Å². The van der Waals surface area contributed by atoms with Crippen molar-refractivity contribution in [2.45, 2.75) is 12.8 Å². The third-order valence-electron chi connectivity index (χ3n) is 2.83. The lowest BCUT2D eigenvalue weighted by atomic mass is 10.2. The highest BCUT2D eigenvalue weighted by atomic mass is 79.9. The van der Waals surface area contributed by atoms with Crippen LogP contribution in [0.4, 0.5) is 0 Å². The zero-order valence-corrected chi connectivity index (χ0v) is 12.1. The Morgan fingerprint density at radius 3 is 2.95 bits per heavy atom. The average Bonchev–Trinajstić information content (AvgIpc) is 3.23. The fourth-order valence-corrected chi connectivity index (χ4v) is 2.06. The molecule has 0 atom stereocenters. The molecular formula is C13H12BrN3O3. The molecule has 1 aromatic rings. The number of halogens is 1. The molecule has 0 amide bonds. The summed E-state index contributed by atoms with van der Waals surface area (Å²) >= 11 is 3.38. The van der Waals surface area contributed by atoms with Gasteiger partial charge in [-0.3, -0.25) is 0 Å². The smallest absolute Gasteiger partial charge is 0.338 e. The van der Waals surface area contributed by atoms with E-state index in [1.165, 1.54) is 18.9 Å². The molecule has 0 unspecified atom stereocenters. The van der Waals surface area contributed by atoms with Crippen molar-refractivity contribution in [1.29, 1.82) is 0 Å². The lowest BCUT2D eigenvalue weighted by molar-refractivity contribution is -0.132. The summed E-state index contributed by atoms with van der Waals surface area (Å²) in [5.41, 5.74) is 8.58. The number of nitrogens with zero attached hydrogens (tertiary/aromatic N) is 3. The van der Waals surface area contributed by atoms with Gasteiger partial charge in [-0.15, -0.1) is 0 Å². The van der Waals surface area contributed by atoms with Gasteiger partial charge in [0.2, 0.25) is 0 Å². The average molecular weight is 338 g/mol. The van der Waals surface area contributed by atoms with Crippen LogP contribution in [0.3, 0.4) is 0 Å². The quantitative estimate of drug-likeness (QED) is 0.368. The maximum Gasteiger partial charge on any atom is 0.338 e. The van der Waals surface area contributed by atoms with Gasteiger partial charge >= 0.3 is 5.97 Å². The molecule has 0 spiro atoms. The van der Waals surface area contributed by atoms with Crippen LogP contribution < -0.4 is 4.74 Å². The fraction of sp³-hybridized carbons (Fsp3) is 0.308. The lowest BCUT2D eigenvalue weighted by Crippen LogP contribution is -2.00. The second-order valence-corrected chi connectivity index (χ2v) is 5.23. The third-order valence-corrected chi connectivity index (χ3v) is 3.68. The van der Waals surface area contributed by atoms with Gasteiger partial charge in [0.1, 0.15) is 11.4 Å². The number of ether oxygens (including phenoxy) is 1. The minimum atomic E-state index is -1.28. The normalized spacial score (nSPS) is 14.6. The van der Waals surface area contributed by atoms with Crippen LogP contribution in [0.25, 0.3) is 16.5 Å². The van der Waals surface area contributed by atoms with Crippen LogP contribution in [0.1, 0.15) is 18.4 Å². The van der Waals surface area contributed by atoms with Gasteiger partial charge in [-0.05, 0) is 57.9 Å². The number of carbonyl (C=O) groups is 1. The van der Waals surface area contributed by atoms with Gasteiger partial charge in [-0.2, -0.15) is 0 Å². The van der Waals surface area contributed by atoms with E-state index in [1.54, 1.807) is 18.2 Å². The van der Waals surface area contributed by atoms with E-state index in [0.717, 1.165) is 0 Å². The molecule has 1 N–H and O–H groups in total. The Balaban J connectivity index is 2.26. The van der Waals surface area contributed by atoms with Crippen molar-refractivity contribution >= 4 is 28.0 Å². The van der Waals surface area contributed by atoms with Crippen LogP contribution in [-0.4, -0.2) is 17.7 Å². The van der Waals surface area contributed by atoms with E-state index in [4.69, 9.17) is 15.4 Å². The number of hydrogen-bond acceptors (Lipinski definition) is 3. The van der Waals surface area contributed by atoms with Gasteiger partial charge in [0, 0.05) is 4.91 Å². The minimum Gasteiger partial charge on any atom is -0.492 e. The fourth-order valence-electron chi connectivity index (χ4n) is 1.57. The summed E-state index contributed by atoms with van der Waals surface area (Å²) in [6, 6.07) is 5.27. The lowest BCUT2D eigenvalue weighted by Gasteiger charge is -2.09. The van der Waals surface area contributed by atoms with Crippen LogP contribution in [0.2, 0.25) is 0 Å². The molecule has 0 saturated heterocycles. The highest BCUT2D eigenvalue weighted by Crippen LogP contribution is 2.34. The van der Waals surface area contributed by atoms with Crippen LogP contribution in [0, 0.1) is 5.92 Å². The van der Waals surface area contributed by atoms with E-state index >= 15 is 0 Å². The van der Waals surface area contributed by atoms with E-state index in [9.17, 15) is 4.79 Å². The molecule has 1 saturated carbocycles. The second kappa shape index (κ2) is 6.45. The first-order valence-electron chi connectivity index (χ1n) is 6.03. The number of aliphatic carboxylic acids is 1. The topological polar surface area (TPSA) is 95.3 Å². The molecular weight excluding hydrogens is 326 g/mol. The molecule has 1 aliphatic carbocycles. The first-order valence-corrected chi connectivity index (χ1v) is 6.82. The Labute approximate surface area is 123 Å². The minimum absolute atomic E-state index is 0.368. The number of carboxylic acid groups (broad SMARTS) is 1. The van der Waals surface area contributed by atoms with Crippen LogP contribution >= 0.6 is 15.9 Å². The van der Waals surface area contributed by atoms with Crippen molar-refractivity contribution in [1.82, 2.24) is 0 Å². The summed E-state index contributed by atoms with van der Waals surface area (Å²) in [6.07, 6.45) is 3.69. The predicted octanol–water partition coefficient (Wildman–Crippen LogP) is 3.97. The SMILES string of the molecule is [N-]=[N+]=N/C(=C/c1cccc(OCC2CC2)c1Br)C(=O)O. The van der Waals surface area contributed by atoms with Crippen LogP contribution in [-0.2, 0) is 4.79 Å². The summed E-state index contributed by atoms with van der Waals surface area (Å²) in [7, 11) is 0. The van der Waals surface area contributed by atoms with Crippen molar-refractivity contribution in [3.63, 3.8) is 0 Å². The first-order chi connectivity index (χ1) is 9.61. The summed E-state index contributed by atoms with van der Waals surface area (Å²) in [5.74, 6) is -0.00537. The van der Waals surface area contributed by atoms with E-state index < -0.39 is 5.97 Å². The number of benzene rings is 1. The number of rotatable bonds is 6. The van der Waals surface area contributed by atoms with E-state index in [-0.39, 0.29) is 5.70 Å². The molecule has 0 aliphatic heterocycles. The van der Waals surface area contributed by atoms with E-state index in [0.29, 0.717) is 28.3 Å². The maximum absolute atomic E-state index is 10.9. The molecule has 20 heavy (non-hydrogen) atoms. The summed E-state index contributed by atoms with van der Waals surface area (Å²) in [6.45, 7) is 0.661. The van der Waals surface area contributed by atoms with E-state index in [1.807, 2.05) is 0 Å². The monoisotopic (exact) mass is 337 g/mol. The zero-order valence-electron chi connectivity index (χ0n) is 10.5. The number of carboxylic acids is 1. The predicted molar refractivity (Wildman–Crippen MR) is 77.1 cm³/mol. The highest BCUT2D eigenvalue weighted by Gasteiger charge is 2.22. The first kappa shape index (κ1) is 14.4. The van der Waals surface area contributed by atoms with Crippen molar-refractivity contribution in [2.24, 2.45) is 11.0 Å². The van der Waals surface area contributed by atoms with Crippen molar-refractivity contribution < 1.29 is 14.6 Å². The molecule has 1 aromatic carbocycles. The third kappa shape index (κ3) is 3.76. The van der Waals surface area contributed by atoms with Gasteiger partial charge in [0.25, 0.3) is 0 Å². The highest BCUT2D eigenvalue weighted by molar-refractivity contribution is 9.10. The molecule has 6 nitrogen and oxygen atoms in total. The van der Waals surface area contributed by atoms with E-state index in [2.05, 4.69) is 26.0 Å². The van der Waals surface area contributed by atoms with Crippen molar-refractivity contribution in [3.8, 4) is 5.75 Å². The zero-order chi connectivity index (χ0) is 14.5. The Hall–Kier alpha value is -1.98. The summed E-state index contributed by atoms with van der Waals surface area (Å²) < 4.78 is 6.32. The van der Waals surface area contributed by atoms with Gasteiger partial charge in [0.15, 0.2) is 0 Å². The molecule has 0 heterocycles. The Kier molecular flexibility index (Phi) is 4.65. The summed E-state index contributed by atoms with van der Waals surface area (Å²) in [4.78, 5) is 13.4. The van der Waals surface area contributed by atoms with Crippen molar-refractivity contribution in [2.75, 3.05) is 6.61 Å². The molecule has 0 aromatic heterocycles. The van der Waals surface area contributed by atoms with Gasteiger partial charge < -0.3 is 9.84 Å². The van der Waals surface area contributed by atoms with Crippen LogP contribution in [0.5, 0.6) is 5.75 Å². The standard InChI is InChI=1S/C13H12BrN3O3/c14-12-9(6-10(13(18)19)16-17-15)2-1-3-11(12)20-7-8-4-5-8/h1-3,6,8H,4-5,7H2,(H,18,19)/b10-6+. The maximum atomic E-state index is 10.9. The number of hydrogen-bond donors (Lipinski definition) is 1. The Morgan fingerprint density at radius 2 is 2.35 bits per heavy atom.